The lowest BCUT2D eigenvalue weighted by Gasteiger charge is -2.09. The Morgan fingerprint density at radius 2 is 2.07 bits per heavy atom. The summed E-state index contributed by atoms with van der Waals surface area (Å²) in [7, 11) is 1.82. The van der Waals surface area contributed by atoms with E-state index in [1.165, 1.54) is 6.20 Å². The molecule has 27 heavy (non-hydrogen) atoms. The number of allylic oxidation sites excluding steroid dienone is 1. The van der Waals surface area contributed by atoms with Crippen LogP contribution in [0.4, 0.5) is 15.9 Å². The van der Waals surface area contributed by atoms with Crippen molar-refractivity contribution >= 4 is 23.0 Å². The minimum atomic E-state index is -0.396. The molecule has 3 aromatic rings. The van der Waals surface area contributed by atoms with Gasteiger partial charge in [-0.1, -0.05) is 0 Å². The van der Waals surface area contributed by atoms with Crippen molar-refractivity contribution in [2.75, 3.05) is 10.6 Å². The molecule has 1 amide bonds. The van der Waals surface area contributed by atoms with Crippen molar-refractivity contribution in [3.05, 3.63) is 59.6 Å². The van der Waals surface area contributed by atoms with E-state index in [0.717, 1.165) is 0 Å². The number of carbonyl (C=O) groups is 1. The highest BCUT2D eigenvalue weighted by Crippen LogP contribution is 2.36. The lowest BCUT2D eigenvalue weighted by Crippen LogP contribution is -2.09. The van der Waals surface area contributed by atoms with Gasteiger partial charge in [-0.25, -0.2) is 4.39 Å². The number of nitrogens with one attached hydrogen (secondary N) is 2. The van der Waals surface area contributed by atoms with Crippen molar-refractivity contribution in [1.82, 2.24) is 19.7 Å². The van der Waals surface area contributed by atoms with E-state index < -0.39 is 5.82 Å². The molecule has 0 aliphatic carbocycles. The Bertz CT molecular complexity index is 1100. The lowest BCUT2D eigenvalue weighted by molar-refractivity contribution is -0.110. The van der Waals surface area contributed by atoms with Gasteiger partial charge in [0, 0.05) is 42.3 Å². The molecule has 0 radical (unpaired) electrons. The van der Waals surface area contributed by atoms with Crippen LogP contribution in [0.5, 0.6) is 0 Å². The van der Waals surface area contributed by atoms with Gasteiger partial charge in [0.1, 0.15) is 5.82 Å². The van der Waals surface area contributed by atoms with Crippen molar-refractivity contribution in [2.24, 2.45) is 7.05 Å². The molecule has 0 spiro atoms. The molecule has 7 nitrogen and oxygen atoms in total. The zero-order valence-corrected chi connectivity index (χ0v) is 15.0. The number of rotatable bonds is 3. The quantitative estimate of drug-likeness (QED) is 0.698. The molecule has 1 aliphatic rings. The minimum absolute atomic E-state index is 0.223. The zero-order chi connectivity index (χ0) is 19.1. The van der Waals surface area contributed by atoms with Crippen LogP contribution in [0.25, 0.3) is 16.8 Å². The van der Waals surface area contributed by atoms with Crippen molar-refractivity contribution in [2.45, 2.75) is 13.8 Å². The van der Waals surface area contributed by atoms with Crippen molar-refractivity contribution in [3.63, 3.8) is 0 Å². The number of carbonyl (C=O) groups excluding carboxylic acids is 1. The Hall–Kier alpha value is -3.55. The average molecular weight is 364 g/mol. The Morgan fingerprint density at radius 1 is 1.26 bits per heavy atom. The van der Waals surface area contributed by atoms with Crippen molar-refractivity contribution in [3.8, 4) is 11.3 Å². The molecule has 0 fully saturated rings. The third-order valence-corrected chi connectivity index (χ3v) is 4.48. The fourth-order valence-electron chi connectivity index (χ4n) is 3.08. The van der Waals surface area contributed by atoms with E-state index in [9.17, 15) is 9.18 Å². The maximum atomic E-state index is 13.9. The van der Waals surface area contributed by atoms with E-state index in [2.05, 4.69) is 25.7 Å². The zero-order valence-electron chi connectivity index (χ0n) is 15.0. The molecule has 3 aromatic heterocycles. The summed E-state index contributed by atoms with van der Waals surface area (Å²) < 4.78 is 15.5. The number of pyridine rings is 2. The normalized spacial score (nSPS) is 14.7. The predicted molar refractivity (Wildman–Crippen MR) is 100 cm³/mol. The summed E-state index contributed by atoms with van der Waals surface area (Å²) in [6, 6.07) is 3.59. The van der Waals surface area contributed by atoms with Gasteiger partial charge in [-0.15, -0.1) is 0 Å². The van der Waals surface area contributed by atoms with Crippen molar-refractivity contribution < 1.29 is 9.18 Å². The molecule has 1 aliphatic heterocycles. The number of anilines is 2. The van der Waals surface area contributed by atoms with Gasteiger partial charge in [0.25, 0.3) is 5.91 Å². The second kappa shape index (κ2) is 6.31. The number of aromatic nitrogens is 4. The molecular formula is C19H17FN6O. The van der Waals surface area contributed by atoms with E-state index in [1.54, 1.807) is 30.1 Å². The largest absolute Gasteiger partial charge is 0.342 e. The van der Waals surface area contributed by atoms with Crippen LogP contribution in [0.15, 0.2) is 42.6 Å². The molecule has 0 atom stereocenters. The average Bonchev–Trinajstić information content (AvgIpc) is 3.18. The van der Waals surface area contributed by atoms with E-state index in [0.29, 0.717) is 45.2 Å². The number of aryl methyl sites for hydroxylation is 1. The number of hydrogen-bond acceptors (Lipinski definition) is 5. The number of halogens is 1. The predicted octanol–water partition coefficient (Wildman–Crippen LogP) is 3.12. The summed E-state index contributed by atoms with van der Waals surface area (Å²) in [5, 5.41) is 10.2. The first-order valence-electron chi connectivity index (χ1n) is 8.34. The summed E-state index contributed by atoms with van der Waals surface area (Å²) in [5.74, 6) is 0.0231. The molecule has 0 saturated heterocycles. The first kappa shape index (κ1) is 16.9. The summed E-state index contributed by atoms with van der Waals surface area (Å²) >= 11 is 0. The molecule has 8 heteroatoms. The van der Waals surface area contributed by atoms with E-state index in [1.807, 2.05) is 26.2 Å². The Balaban J connectivity index is 1.79. The molecule has 4 heterocycles. The van der Waals surface area contributed by atoms with Crippen LogP contribution in [-0.2, 0) is 11.8 Å². The van der Waals surface area contributed by atoms with Crippen LogP contribution in [-0.4, -0.2) is 25.7 Å². The highest BCUT2D eigenvalue weighted by atomic mass is 19.1. The van der Waals surface area contributed by atoms with Crippen LogP contribution in [0.2, 0.25) is 0 Å². The Morgan fingerprint density at radius 3 is 2.81 bits per heavy atom. The Kier molecular flexibility index (Phi) is 3.95. The molecule has 4 rings (SSSR count). The molecule has 2 N–H and O–H groups in total. The standard InChI is InChI=1S/C19H17FN6O/c1-10-13(7-21-8-14(10)20)15-6-12-16(9-22-15)24-19(27)18(12)11(2)23-17-4-5-26(3)25-17/h4-9H,1-3H3,(H,23,25)(H,24,27). The molecular weight excluding hydrogens is 347 g/mol. The summed E-state index contributed by atoms with van der Waals surface area (Å²) in [4.78, 5) is 20.8. The van der Waals surface area contributed by atoms with Gasteiger partial charge in [0.05, 0.1) is 29.3 Å². The first-order valence-corrected chi connectivity index (χ1v) is 8.34. The maximum Gasteiger partial charge on any atom is 0.258 e. The summed E-state index contributed by atoms with van der Waals surface area (Å²) in [5.41, 5.74) is 4.09. The molecule has 0 saturated carbocycles. The van der Waals surface area contributed by atoms with Gasteiger partial charge >= 0.3 is 0 Å². The van der Waals surface area contributed by atoms with Crippen LogP contribution in [0.1, 0.15) is 18.1 Å². The second-order valence-electron chi connectivity index (χ2n) is 6.36. The number of nitrogens with zero attached hydrogens (tertiary/aromatic N) is 4. The van der Waals surface area contributed by atoms with Crippen molar-refractivity contribution in [1.29, 1.82) is 0 Å². The van der Waals surface area contributed by atoms with Crippen LogP contribution in [0, 0.1) is 12.7 Å². The van der Waals surface area contributed by atoms with E-state index in [4.69, 9.17) is 0 Å². The molecule has 136 valence electrons. The third kappa shape index (κ3) is 2.95. The summed E-state index contributed by atoms with van der Waals surface area (Å²) in [6.45, 7) is 3.49. The smallest absolute Gasteiger partial charge is 0.258 e. The van der Waals surface area contributed by atoms with Gasteiger partial charge < -0.3 is 10.6 Å². The van der Waals surface area contributed by atoms with Gasteiger partial charge in [0.15, 0.2) is 5.82 Å². The molecule has 0 unspecified atom stereocenters. The molecule has 0 aromatic carbocycles. The van der Waals surface area contributed by atoms with E-state index in [-0.39, 0.29) is 5.91 Å². The third-order valence-electron chi connectivity index (χ3n) is 4.48. The van der Waals surface area contributed by atoms with Gasteiger partial charge in [0.2, 0.25) is 0 Å². The Labute approximate surface area is 155 Å². The summed E-state index contributed by atoms with van der Waals surface area (Å²) in [6.07, 6.45) is 6.13. The van der Waals surface area contributed by atoms with Gasteiger partial charge in [-0.2, -0.15) is 5.10 Å². The lowest BCUT2D eigenvalue weighted by atomic mass is 10.0. The maximum absolute atomic E-state index is 13.9. The fraction of sp³-hybridized carbons (Fsp3) is 0.158. The van der Waals surface area contributed by atoms with Gasteiger partial charge in [-0.05, 0) is 25.5 Å². The van der Waals surface area contributed by atoms with E-state index >= 15 is 0 Å². The number of hydrogen-bond donors (Lipinski definition) is 2. The number of amides is 1. The van der Waals surface area contributed by atoms with Crippen LogP contribution < -0.4 is 10.6 Å². The van der Waals surface area contributed by atoms with Crippen LogP contribution >= 0.6 is 0 Å². The molecule has 0 bridgehead atoms. The highest BCUT2D eigenvalue weighted by Gasteiger charge is 2.28. The fourth-order valence-corrected chi connectivity index (χ4v) is 3.08. The topological polar surface area (TPSA) is 84.7 Å². The number of fused-ring (bicyclic) bond motifs is 1. The van der Waals surface area contributed by atoms with Crippen LogP contribution in [0.3, 0.4) is 0 Å². The van der Waals surface area contributed by atoms with Gasteiger partial charge in [-0.3, -0.25) is 19.4 Å². The monoisotopic (exact) mass is 364 g/mol. The second-order valence-corrected chi connectivity index (χ2v) is 6.36. The SMILES string of the molecule is CC(Nc1ccn(C)n1)=C1C(=O)Nc2cnc(-c3cncc(F)c3C)cc21. The minimum Gasteiger partial charge on any atom is -0.342 e. The highest BCUT2D eigenvalue weighted by molar-refractivity contribution is 6.32. The first-order chi connectivity index (χ1) is 12.9.